The average Bonchev–Trinajstić information content (AvgIpc) is 2.26. The Kier molecular flexibility index (Phi) is 10.4. The van der Waals surface area contributed by atoms with Crippen LogP contribution in [-0.2, 0) is 14.3 Å². The van der Waals surface area contributed by atoms with Gasteiger partial charge < -0.3 is 9.47 Å². The summed E-state index contributed by atoms with van der Waals surface area (Å²) in [5.74, 6) is 0.232. The molecule has 0 N–H and O–H groups in total. The first-order valence-electron chi connectivity index (χ1n) is 6.50. The van der Waals surface area contributed by atoms with E-state index in [9.17, 15) is 4.79 Å². The van der Waals surface area contributed by atoms with Gasteiger partial charge in [0.1, 0.15) is 5.78 Å². The normalized spacial score (nSPS) is 13.0. The van der Waals surface area contributed by atoms with Gasteiger partial charge in [-0.3, -0.25) is 9.69 Å². The Bertz CT molecular complexity index is 187. The summed E-state index contributed by atoms with van der Waals surface area (Å²) < 4.78 is 10.7. The van der Waals surface area contributed by atoms with E-state index in [1.165, 1.54) is 0 Å². The molecule has 0 rings (SSSR count). The highest BCUT2D eigenvalue weighted by atomic mass is 16.5. The highest BCUT2D eigenvalue weighted by Crippen LogP contribution is 2.04. The zero-order chi connectivity index (χ0) is 13.1. The molecule has 0 fully saturated rings. The second-order valence-electron chi connectivity index (χ2n) is 4.18. The summed E-state index contributed by atoms with van der Waals surface area (Å²) in [6, 6.07) is 0.258. The summed E-state index contributed by atoms with van der Waals surface area (Å²) in [4.78, 5) is 13.4. The van der Waals surface area contributed by atoms with Crippen LogP contribution in [0.4, 0.5) is 0 Å². The number of ether oxygens (including phenoxy) is 2. The molecule has 0 aliphatic carbocycles. The fourth-order valence-corrected chi connectivity index (χ4v) is 1.75. The van der Waals surface area contributed by atoms with E-state index in [1.54, 1.807) is 6.92 Å². The summed E-state index contributed by atoms with van der Waals surface area (Å²) in [6.07, 6.45) is 0.595. The van der Waals surface area contributed by atoms with E-state index in [1.807, 2.05) is 13.8 Å². The van der Waals surface area contributed by atoms with Gasteiger partial charge in [0.15, 0.2) is 0 Å². The van der Waals surface area contributed by atoms with Crippen LogP contribution in [0.3, 0.4) is 0 Å². The molecular weight excluding hydrogens is 218 g/mol. The van der Waals surface area contributed by atoms with Crippen LogP contribution in [0.15, 0.2) is 0 Å². The summed E-state index contributed by atoms with van der Waals surface area (Å²) in [5, 5.41) is 0. The standard InChI is InChI=1S/C13H27NO3/c1-5-16-9-7-14(8-10-17-6-2)12(3)11-13(4)15/h12H,5-11H2,1-4H3. The highest BCUT2D eigenvalue weighted by Gasteiger charge is 2.14. The van der Waals surface area contributed by atoms with Gasteiger partial charge >= 0.3 is 0 Å². The number of hydrogen-bond acceptors (Lipinski definition) is 4. The van der Waals surface area contributed by atoms with Crippen LogP contribution < -0.4 is 0 Å². The van der Waals surface area contributed by atoms with Crippen molar-refractivity contribution in [2.45, 2.75) is 40.2 Å². The van der Waals surface area contributed by atoms with Crippen molar-refractivity contribution in [1.29, 1.82) is 0 Å². The van der Waals surface area contributed by atoms with E-state index in [0.29, 0.717) is 19.6 Å². The van der Waals surface area contributed by atoms with Crippen LogP contribution in [0, 0.1) is 0 Å². The van der Waals surface area contributed by atoms with Crippen LogP contribution in [0.1, 0.15) is 34.1 Å². The molecule has 0 aromatic carbocycles. The Balaban J connectivity index is 4.02. The first-order chi connectivity index (χ1) is 8.11. The molecule has 4 nitrogen and oxygen atoms in total. The molecule has 1 atom stereocenters. The molecule has 4 heteroatoms. The lowest BCUT2D eigenvalue weighted by atomic mass is 10.1. The van der Waals surface area contributed by atoms with Gasteiger partial charge in [0, 0.05) is 38.8 Å². The third kappa shape index (κ3) is 9.27. The van der Waals surface area contributed by atoms with Crippen LogP contribution in [-0.4, -0.2) is 56.2 Å². The molecule has 0 spiro atoms. The van der Waals surface area contributed by atoms with Crippen molar-refractivity contribution in [2.24, 2.45) is 0 Å². The molecule has 0 bridgehead atoms. The van der Waals surface area contributed by atoms with Crippen LogP contribution >= 0.6 is 0 Å². The lowest BCUT2D eigenvalue weighted by Crippen LogP contribution is -2.39. The molecule has 0 saturated carbocycles. The summed E-state index contributed by atoms with van der Waals surface area (Å²) in [6.45, 7) is 12.3. The quantitative estimate of drug-likeness (QED) is 0.520. The Morgan fingerprint density at radius 3 is 1.94 bits per heavy atom. The van der Waals surface area contributed by atoms with E-state index < -0.39 is 0 Å². The molecular formula is C13H27NO3. The van der Waals surface area contributed by atoms with Gasteiger partial charge in [0.25, 0.3) is 0 Å². The molecule has 0 aliphatic heterocycles. The average molecular weight is 245 g/mol. The Hall–Kier alpha value is -0.450. The largest absolute Gasteiger partial charge is 0.380 e. The van der Waals surface area contributed by atoms with Crippen molar-refractivity contribution in [3.8, 4) is 0 Å². The Morgan fingerprint density at radius 2 is 1.59 bits per heavy atom. The van der Waals surface area contributed by atoms with Crippen molar-refractivity contribution in [3.05, 3.63) is 0 Å². The first kappa shape index (κ1) is 16.6. The number of rotatable bonds is 11. The molecule has 0 aliphatic rings. The molecule has 0 amide bonds. The fraction of sp³-hybridized carbons (Fsp3) is 0.923. The molecule has 0 saturated heterocycles. The Morgan fingerprint density at radius 1 is 1.12 bits per heavy atom. The number of Topliss-reactive ketones (excluding diaryl/α,β-unsaturated/α-hetero) is 1. The lowest BCUT2D eigenvalue weighted by molar-refractivity contribution is -0.118. The zero-order valence-corrected chi connectivity index (χ0v) is 11.7. The predicted molar refractivity (Wildman–Crippen MR) is 69.3 cm³/mol. The van der Waals surface area contributed by atoms with Crippen molar-refractivity contribution in [2.75, 3.05) is 39.5 Å². The van der Waals surface area contributed by atoms with Gasteiger partial charge in [-0.05, 0) is 27.7 Å². The maximum Gasteiger partial charge on any atom is 0.131 e. The Labute approximate surface area is 105 Å². The molecule has 0 aromatic heterocycles. The topological polar surface area (TPSA) is 38.8 Å². The number of nitrogens with zero attached hydrogens (tertiary/aromatic N) is 1. The van der Waals surface area contributed by atoms with Crippen molar-refractivity contribution < 1.29 is 14.3 Å². The highest BCUT2D eigenvalue weighted by molar-refractivity contribution is 5.76. The van der Waals surface area contributed by atoms with E-state index in [2.05, 4.69) is 11.8 Å². The second kappa shape index (κ2) is 10.7. The third-order valence-corrected chi connectivity index (χ3v) is 2.66. The molecule has 17 heavy (non-hydrogen) atoms. The zero-order valence-electron chi connectivity index (χ0n) is 11.7. The molecule has 0 radical (unpaired) electrons. The number of hydrogen-bond donors (Lipinski definition) is 0. The first-order valence-corrected chi connectivity index (χ1v) is 6.50. The predicted octanol–water partition coefficient (Wildman–Crippen LogP) is 1.73. The van der Waals surface area contributed by atoms with Crippen LogP contribution in [0.5, 0.6) is 0 Å². The van der Waals surface area contributed by atoms with E-state index >= 15 is 0 Å². The lowest BCUT2D eigenvalue weighted by Gasteiger charge is -2.28. The van der Waals surface area contributed by atoms with Gasteiger partial charge in [0.2, 0.25) is 0 Å². The van der Waals surface area contributed by atoms with Crippen LogP contribution in [0.25, 0.3) is 0 Å². The minimum Gasteiger partial charge on any atom is -0.380 e. The third-order valence-electron chi connectivity index (χ3n) is 2.66. The molecule has 0 aromatic rings. The summed E-state index contributed by atoms with van der Waals surface area (Å²) >= 11 is 0. The number of carbonyl (C=O) groups excluding carboxylic acids is 1. The van der Waals surface area contributed by atoms with Gasteiger partial charge in [0.05, 0.1) is 13.2 Å². The minimum absolute atomic E-state index is 0.232. The minimum atomic E-state index is 0.232. The van der Waals surface area contributed by atoms with Crippen molar-refractivity contribution >= 4 is 5.78 Å². The molecule has 1 unspecified atom stereocenters. The van der Waals surface area contributed by atoms with Crippen molar-refractivity contribution in [1.82, 2.24) is 4.90 Å². The van der Waals surface area contributed by atoms with Crippen molar-refractivity contribution in [3.63, 3.8) is 0 Å². The maximum atomic E-state index is 11.1. The van der Waals surface area contributed by atoms with E-state index in [-0.39, 0.29) is 11.8 Å². The van der Waals surface area contributed by atoms with E-state index in [0.717, 1.165) is 26.3 Å². The van der Waals surface area contributed by atoms with Crippen LogP contribution in [0.2, 0.25) is 0 Å². The smallest absolute Gasteiger partial charge is 0.131 e. The maximum absolute atomic E-state index is 11.1. The summed E-state index contributed by atoms with van der Waals surface area (Å²) in [5.41, 5.74) is 0. The van der Waals surface area contributed by atoms with E-state index in [4.69, 9.17) is 9.47 Å². The van der Waals surface area contributed by atoms with Gasteiger partial charge in [-0.2, -0.15) is 0 Å². The molecule has 0 heterocycles. The monoisotopic (exact) mass is 245 g/mol. The fourth-order valence-electron chi connectivity index (χ4n) is 1.75. The number of ketones is 1. The number of carbonyl (C=O) groups is 1. The van der Waals surface area contributed by atoms with Gasteiger partial charge in [-0.1, -0.05) is 0 Å². The molecule has 102 valence electrons. The van der Waals surface area contributed by atoms with Gasteiger partial charge in [-0.15, -0.1) is 0 Å². The SMILES string of the molecule is CCOCCN(CCOCC)C(C)CC(C)=O. The second-order valence-corrected chi connectivity index (χ2v) is 4.18. The summed E-state index contributed by atoms with van der Waals surface area (Å²) in [7, 11) is 0. The van der Waals surface area contributed by atoms with Gasteiger partial charge in [-0.25, -0.2) is 0 Å².